The fraction of sp³-hybridized carbons (Fsp3) is 0.600. The number of ether oxygens (including phenoxy) is 2. The summed E-state index contributed by atoms with van der Waals surface area (Å²) in [6, 6.07) is 5.82. The van der Waals surface area contributed by atoms with Crippen LogP contribution in [-0.4, -0.2) is 26.4 Å². The molecule has 19 heavy (non-hydrogen) atoms. The van der Waals surface area contributed by atoms with Crippen molar-refractivity contribution in [2.24, 2.45) is 5.92 Å². The Bertz CT molecular complexity index is 392. The van der Waals surface area contributed by atoms with E-state index in [0.29, 0.717) is 12.3 Å². The lowest BCUT2D eigenvalue weighted by Crippen LogP contribution is -2.12. The summed E-state index contributed by atoms with van der Waals surface area (Å²) < 4.78 is 11.2. The van der Waals surface area contributed by atoms with Crippen LogP contribution in [0.3, 0.4) is 0 Å². The smallest absolute Gasteiger partial charge is 0.144 e. The van der Waals surface area contributed by atoms with Crippen LogP contribution in [0.25, 0.3) is 0 Å². The third kappa shape index (κ3) is 4.63. The van der Waals surface area contributed by atoms with Gasteiger partial charge in [0, 0.05) is 13.2 Å². The molecule has 0 amide bonds. The van der Waals surface area contributed by atoms with Gasteiger partial charge in [0.2, 0.25) is 0 Å². The van der Waals surface area contributed by atoms with E-state index in [1.807, 2.05) is 18.2 Å². The lowest BCUT2D eigenvalue weighted by molar-refractivity contribution is 0.134. The first kappa shape index (κ1) is 14.0. The number of nitrogens with two attached hydrogens (primary N) is 1. The number of nitrogens with one attached hydrogen (secondary N) is 1. The molecule has 1 fully saturated rings. The molecule has 0 radical (unpaired) electrons. The third-order valence-electron chi connectivity index (χ3n) is 3.14. The van der Waals surface area contributed by atoms with Crippen LogP contribution in [0.1, 0.15) is 26.2 Å². The zero-order valence-electron chi connectivity index (χ0n) is 11.7. The molecule has 4 heteroatoms. The van der Waals surface area contributed by atoms with Crippen molar-refractivity contribution in [3.8, 4) is 5.75 Å². The van der Waals surface area contributed by atoms with Gasteiger partial charge in [-0.1, -0.05) is 13.0 Å². The Hall–Kier alpha value is -1.42. The summed E-state index contributed by atoms with van der Waals surface area (Å²) in [5, 5.41) is 3.29. The topological polar surface area (TPSA) is 56.5 Å². The van der Waals surface area contributed by atoms with Crippen molar-refractivity contribution in [2.75, 3.05) is 37.4 Å². The number of hydrogen-bond donors (Lipinski definition) is 2. The Kier molecular flexibility index (Phi) is 5.33. The van der Waals surface area contributed by atoms with E-state index < -0.39 is 0 Å². The van der Waals surface area contributed by atoms with E-state index in [-0.39, 0.29) is 0 Å². The van der Waals surface area contributed by atoms with Crippen LogP contribution in [0.4, 0.5) is 11.4 Å². The maximum Gasteiger partial charge on any atom is 0.144 e. The fourth-order valence-electron chi connectivity index (χ4n) is 1.83. The van der Waals surface area contributed by atoms with E-state index in [4.69, 9.17) is 15.2 Å². The summed E-state index contributed by atoms with van der Waals surface area (Å²) in [4.78, 5) is 0. The molecule has 3 N–H and O–H groups in total. The van der Waals surface area contributed by atoms with Crippen molar-refractivity contribution in [3.05, 3.63) is 18.2 Å². The first-order valence-electron chi connectivity index (χ1n) is 7.14. The average molecular weight is 264 g/mol. The third-order valence-corrected chi connectivity index (χ3v) is 3.14. The Morgan fingerprint density at radius 2 is 2.16 bits per heavy atom. The quantitative estimate of drug-likeness (QED) is 0.532. The van der Waals surface area contributed by atoms with Gasteiger partial charge in [-0.3, -0.25) is 0 Å². The van der Waals surface area contributed by atoms with Gasteiger partial charge in [-0.15, -0.1) is 0 Å². The lowest BCUT2D eigenvalue weighted by atomic mass is 10.2. The number of nitrogen functional groups attached to an aromatic ring is 1. The van der Waals surface area contributed by atoms with Crippen LogP contribution in [-0.2, 0) is 4.74 Å². The molecule has 0 atom stereocenters. The molecule has 1 aromatic carbocycles. The Labute approximate surface area is 115 Å². The lowest BCUT2D eigenvalue weighted by Gasteiger charge is -2.13. The van der Waals surface area contributed by atoms with E-state index in [1.54, 1.807) is 0 Å². The predicted octanol–water partition coefficient (Wildman–Crippen LogP) is 2.90. The molecule has 0 heterocycles. The molecular formula is C15H24N2O2. The van der Waals surface area contributed by atoms with E-state index >= 15 is 0 Å². The molecular weight excluding hydrogens is 240 g/mol. The Morgan fingerprint density at radius 1 is 1.32 bits per heavy atom. The number of para-hydroxylation sites is 1. The second-order valence-corrected chi connectivity index (χ2v) is 5.01. The molecule has 1 aromatic rings. The normalized spacial score (nSPS) is 14.4. The second-order valence-electron chi connectivity index (χ2n) is 5.01. The van der Waals surface area contributed by atoms with Gasteiger partial charge in [-0.2, -0.15) is 0 Å². The summed E-state index contributed by atoms with van der Waals surface area (Å²) in [5.41, 5.74) is 7.67. The molecule has 106 valence electrons. The van der Waals surface area contributed by atoms with Gasteiger partial charge < -0.3 is 20.5 Å². The van der Waals surface area contributed by atoms with Crippen LogP contribution in [0.5, 0.6) is 5.75 Å². The van der Waals surface area contributed by atoms with Gasteiger partial charge in [0.1, 0.15) is 5.75 Å². The van der Waals surface area contributed by atoms with E-state index in [2.05, 4.69) is 12.2 Å². The summed E-state index contributed by atoms with van der Waals surface area (Å²) in [6.07, 6.45) is 3.64. The number of rotatable bonds is 9. The van der Waals surface area contributed by atoms with Crippen molar-refractivity contribution in [2.45, 2.75) is 26.2 Å². The molecule has 2 rings (SSSR count). The van der Waals surface area contributed by atoms with Gasteiger partial charge in [-0.25, -0.2) is 0 Å². The molecule has 0 bridgehead atoms. The van der Waals surface area contributed by atoms with Gasteiger partial charge >= 0.3 is 0 Å². The Morgan fingerprint density at radius 3 is 2.89 bits per heavy atom. The highest BCUT2D eigenvalue weighted by atomic mass is 16.5. The molecule has 0 aromatic heterocycles. The molecule has 0 spiro atoms. The SMILES string of the molecule is CCCOc1cccc(NCCOCC2CC2)c1N. The number of anilines is 2. The first-order valence-corrected chi connectivity index (χ1v) is 7.14. The molecule has 1 aliphatic rings. The predicted molar refractivity (Wildman–Crippen MR) is 78.7 cm³/mol. The highest BCUT2D eigenvalue weighted by Crippen LogP contribution is 2.30. The summed E-state index contributed by atoms with van der Waals surface area (Å²) in [7, 11) is 0. The van der Waals surface area contributed by atoms with Crippen molar-refractivity contribution in [1.82, 2.24) is 0 Å². The Balaban J connectivity index is 1.74. The standard InChI is InChI=1S/C15H24N2O2/c1-2-9-19-14-5-3-4-13(15(14)16)17-8-10-18-11-12-6-7-12/h3-5,12,17H,2,6-11,16H2,1H3. The van der Waals surface area contributed by atoms with Gasteiger partial charge in [0.15, 0.2) is 0 Å². The summed E-state index contributed by atoms with van der Waals surface area (Å²) in [6.45, 7) is 5.16. The zero-order chi connectivity index (χ0) is 13.5. The monoisotopic (exact) mass is 264 g/mol. The highest BCUT2D eigenvalue weighted by Gasteiger charge is 2.20. The van der Waals surface area contributed by atoms with Crippen LogP contribution >= 0.6 is 0 Å². The van der Waals surface area contributed by atoms with Crippen LogP contribution < -0.4 is 15.8 Å². The van der Waals surface area contributed by atoms with Crippen LogP contribution in [0.15, 0.2) is 18.2 Å². The van der Waals surface area contributed by atoms with Crippen LogP contribution in [0, 0.1) is 5.92 Å². The average Bonchev–Trinajstić information content (AvgIpc) is 3.23. The first-order chi connectivity index (χ1) is 9.31. The fourth-order valence-corrected chi connectivity index (χ4v) is 1.83. The molecule has 4 nitrogen and oxygen atoms in total. The van der Waals surface area contributed by atoms with E-state index in [0.717, 1.165) is 43.5 Å². The minimum atomic E-state index is 0.679. The molecule has 1 aliphatic carbocycles. The summed E-state index contributed by atoms with van der Waals surface area (Å²) in [5.74, 6) is 1.57. The second kappa shape index (κ2) is 7.24. The number of hydrogen-bond acceptors (Lipinski definition) is 4. The van der Waals surface area contributed by atoms with Gasteiger partial charge in [0.05, 0.1) is 24.6 Å². The zero-order valence-corrected chi connectivity index (χ0v) is 11.7. The summed E-state index contributed by atoms with van der Waals surface area (Å²) >= 11 is 0. The van der Waals surface area contributed by atoms with Crippen molar-refractivity contribution in [1.29, 1.82) is 0 Å². The highest BCUT2D eigenvalue weighted by molar-refractivity contribution is 5.72. The van der Waals surface area contributed by atoms with Gasteiger partial charge in [0.25, 0.3) is 0 Å². The largest absolute Gasteiger partial charge is 0.491 e. The maximum atomic E-state index is 6.07. The van der Waals surface area contributed by atoms with E-state index in [9.17, 15) is 0 Å². The van der Waals surface area contributed by atoms with E-state index in [1.165, 1.54) is 12.8 Å². The van der Waals surface area contributed by atoms with Crippen molar-refractivity contribution in [3.63, 3.8) is 0 Å². The van der Waals surface area contributed by atoms with Crippen molar-refractivity contribution < 1.29 is 9.47 Å². The molecule has 0 unspecified atom stereocenters. The van der Waals surface area contributed by atoms with Crippen LogP contribution in [0.2, 0.25) is 0 Å². The van der Waals surface area contributed by atoms with Gasteiger partial charge in [-0.05, 0) is 37.3 Å². The molecule has 0 saturated heterocycles. The molecule has 0 aliphatic heterocycles. The minimum Gasteiger partial charge on any atom is -0.491 e. The number of benzene rings is 1. The molecule has 1 saturated carbocycles. The minimum absolute atomic E-state index is 0.679. The van der Waals surface area contributed by atoms with Crippen molar-refractivity contribution >= 4 is 11.4 Å². The maximum absolute atomic E-state index is 6.07.